The molecule has 1 aliphatic heterocycles. The fourth-order valence-electron chi connectivity index (χ4n) is 4.39. The fourth-order valence-corrected chi connectivity index (χ4v) is 6.37. The molecule has 0 saturated heterocycles. The zero-order valence-electron chi connectivity index (χ0n) is 14.9. The number of benzene rings is 2. The van der Waals surface area contributed by atoms with Crippen molar-refractivity contribution in [1.82, 2.24) is 0 Å². The van der Waals surface area contributed by atoms with E-state index in [0.29, 0.717) is 23.2 Å². The molecule has 132 valence electrons. The molecule has 1 heterocycles. The average Bonchev–Trinajstić information content (AvgIpc) is 3.20. The molecule has 0 aromatic heterocycles. The van der Waals surface area contributed by atoms with Crippen LogP contribution in [0.5, 0.6) is 5.75 Å². The molecular weight excluding hydrogens is 392 g/mol. The van der Waals surface area contributed by atoms with Crippen LogP contribution in [0.3, 0.4) is 0 Å². The van der Waals surface area contributed by atoms with Crippen LogP contribution in [0.4, 0.5) is 0 Å². The Hall–Kier alpha value is -0.930. The van der Waals surface area contributed by atoms with Crippen LogP contribution in [0.15, 0.2) is 53.0 Å². The normalized spacial score (nSPS) is 26.6. The summed E-state index contributed by atoms with van der Waals surface area (Å²) in [6, 6.07) is 17.5. The molecule has 25 heavy (non-hydrogen) atoms. The van der Waals surface area contributed by atoms with Crippen LogP contribution in [-0.4, -0.2) is 17.1 Å². The Morgan fingerprint density at radius 2 is 1.88 bits per heavy atom. The zero-order valence-corrected chi connectivity index (χ0v) is 17.3. The average molecular weight is 418 g/mol. The van der Waals surface area contributed by atoms with Crippen LogP contribution in [0, 0.1) is 5.92 Å². The van der Waals surface area contributed by atoms with Gasteiger partial charge in [-0.2, -0.15) is 0 Å². The van der Waals surface area contributed by atoms with Gasteiger partial charge in [-0.3, -0.25) is 0 Å². The molecule has 1 unspecified atom stereocenters. The highest BCUT2D eigenvalue weighted by atomic mass is 79.9. The van der Waals surface area contributed by atoms with Gasteiger partial charge in [0, 0.05) is 23.3 Å². The molecule has 0 amide bonds. The second-order valence-electron chi connectivity index (χ2n) is 7.48. The molecular formula is C22H26BrOS+. The molecule has 3 heteroatoms. The van der Waals surface area contributed by atoms with Crippen molar-refractivity contribution in [2.24, 2.45) is 5.92 Å². The maximum atomic E-state index is 6.27. The highest BCUT2D eigenvalue weighted by molar-refractivity contribution is 9.10. The minimum Gasteiger partial charge on any atom is -0.488 e. The second kappa shape index (κ2) is 7.36. The maximum Gasteiger partial charge on any atom is 0.137 e. The van der Waals surface area contributed by atoms with Gasteiger partial charge in [-0.1, -0.05) is 49.4 Å². The summed E-state index contributed by atoms with van der Waals surface area (Å²) in [5.74, 6) is 4.35. The summed E-state index contributed by atoms with van der Waals surface area (Å²) in [4.78, 5) is 0. The van der Waals surface area contributed by atoms with E-state index in [1.54, 1.807) is 11.8 Å². The zero-order chi connectivity index (χ0) is 17.4. The van der Waals surface area contributed by atoms with Crippen LogP contribution in [0.25, 0.3) is 0 Å². The van der Waals surface area contributed by atoms with Gasteiger partial charge in [0.1, 0.15) is 22.9 Å². The number of hydrogen-bond acceptors (Lipinski definition) is 1. The maximum absolute atomic E-state index is 6.27. The van der Waals surface area contributed by atoms with Gasteiger partial charge in [0.05, 0.1) is 4.47 Å². The smallest absolute Gasteiger partial charge is 0.137 e. The van der Waals surface area contributed by atoms with Crippen molar-refractivity contribution in [3.05, 3.63) is 64.1 Å². The molecule has 0 N–H and O–H groups in total. The molecule has 4 rings (SSSR count). The molecule has 0 spiro atoms. The Morgan fingerprint density at radius 1 is 1.08 bits per heavy atom. The fraction of sp³-hybridized carbons (Fsp3) is 0.455. The summed E-state index contributed by atoms with van der Waals surface area (Å²) >= 11 is 5.23. The first-order valence-electron chi connectivity index (χ1n) is 9.31. The van der Waals surface area contributed by atoms with E-state index < -0.39 is 0 Å². The molecule has 0 radical (unpaired) electrons. The summed E-state index contributed by atoms with van der Waals surface area (Å²) in [7, 11) is 0. The molecule has 2 aromatic rings. The van der Waals surface area contributed by atoms with Crippen molar-refractivity contribution in [2.75, 3.05) is 5.75 Å². The third-order valence-electron chi connectivity index (χ3n) is 6.03. The lowest BCUT2D eigenvalue weighted by molar-refractivity contribution is 0.219. The van der Waals surface area contributed by atoms with Crippen LogP contribution >= 0.6 is 15.9 Å². The standard InChI is InChI=1S/C22H25BrOS/c1-14(16-7-4-3-5-8-16)15(2)25-13-17-11-12-20-21(17)18-9-6-10-19(23)22(18)24-20/h3-10,14-15,17,20-21H,11-13H2,1-2H3/p+1/t14-,15?,17-,20+,21+/m1/s1. The van der Waals surface area contributed by atoms with Gasteiger partial charge in [0.15, 0.2) is 0 Å². The molecule has 2 aliphatic rings. The Balaban J connectivity index is 1.42. The van der Waals surface area contributed by atoms with Crippen molar-refractivity contribution in [3.8, 4) is 5.75 Å². The van der Waals surface area contributed by atoms with E-state index >= 15 is 0 Å². The van der Waals surface area contributed by atoms with Gasteiger partial charge in [-0.05, 0) is 59.1 Å². The summed E-state index contributed by atoms with van der Waals surface area (Å²) in [6.45, 7) is 4.77. The Morgan fingerprint density at radius 3 is 2.68 bits per heavy atom. The van der Waals surface area contributed by atoms with E-state index in [4.69, 9.17) is 4.74 Å². The first kappa shape index (κ1) is 17.5. The van der Waals surface area contributed by atoms with Crippen molar-refractivity contribution in [1.29, 1.82) is 0 Å². The van der Waals surface area contributed by atoms with Crippen LogP contribution in [-0.2, 0) is 11.8 Å². The van der Waals surface area contributed by atoms with E-state index in [1.807, 2.05) is 0 Å². The molecule has 1 fully saturated rings. The summed E-state index contributed by atoms with van der Waals surface area (Å²) in [6.07, 6.45) is 2.91. The van der Waals surface area contributed by atoms with Crippen molar-refractivity contribution in [3.63, 3.8) is 0 Å². The van der Waals surface area contributed by atoms with Crippen molar-refractivity contribution < 1.29 is 4.74 Å². The summed E-state index contributed by atoms with van der Waals surface area (Å²) in [5, 5.41) is 0.686. The topological polar surface area (TPSA) is 9.23 Å². The van der Waals surface area contributed by atoms with Crippen LogP contribution in [0.2, 0.25) is 0 Å². The minimum atomic E-state index is 0.399. The van der Waals surface area contributed by atoms with Crippen LogP contribution < -0.4 is 4.74 Å². The number of ether oxygens (including phenoxy) is 1. The van der Waals surface area contributed by atoms with Crippen molar-refractivity contribution in [2.45, 2.75) is 49.9 Å². The van der Waals surface area contributed by atoms with Gasteiger partial charge < -0.3 is 4.74 Å². The Labute approximate surface area is 163 Å². The van der Waals surface area contributed by atoms with E-state index in [0.717, 1.165) is 16.1 Å². The van der Waals surface area contributed by atoms with Gasteiger partial charge in [0.25, 0.3) is 0 Å². The van der Waals surface area contributed by atoms with Crippen molar-refractivity contribution >= 4 is 27.7 Å². The van der Waals surface area contributed by atoms with Gasteiger partial charge >= 0.3 is 0 Å². The number of halogens is 1. The monoisotopic (exact) mass is 417 g/mol. The molecule has 1 nitrogen and oxygen atoms in total. The first-order valence-corrected chi connectivity index (χ1v) is 11.3. The third kappa shape index (κ3) is 3.38. The Bertz CT molecular complexity index is 732. The Kier molecular flexibility index (Phi) is 5.15. The third-order valence-corrected chi connectivity index (χ3v) is 8.36. The molecule has 1 saturated carbocycles. The van der Waals surface area contributed by atoms with E-state index in [2.05, 4.69) is 78.3 Å². The lowest BCUT2D eigenvalue weighted by Gasteiger charge is -2.18. The highest BCUT2D eigenvalue weighted by Gasteiger charge is 2.46. The number of thiol groups is 1. The molecule has 2 aromatic carbocycles. The lowest BCUT2D eigenvalue weighted by Crippen LogP contribution is -2.23. The number of hydrogen-bond donors (Lipinski definition) is 0. The molecule has 0 bridgehead atoms. The highest BCUT2D eigenvalue weighted by Crippen LogP contribution is 2.52. The molecule has 5 atom stereocenters. The lowest BCUT2D eigenvalue weighted by atomic mass is 9.90. The first-order chi connectivity index (χ1) is 12.1. The largest absolute Gasteiger partial charge is 0.488 e. The summed E-state index contributed by atoms with van der Waals surface area (Å²) < 4.78 is 7.38. The van der Waals surface area contributed by atoms with E-state index in [9.17, 15) is 0 Å². The predicted molar refractivity (Wildman–Crippen MR) is 112 cm³/mol. The summed E-state index contributed by atoms with van der Waals surface area (Å²) in [5.41, 5.74) is 2.89. The second-order valence-corrected chi connectivity index (χ2v) is 9.88. The number of rotatable bonds is 5. The molecule has 1 aliphatic carbocycles. The minimum absolute atomic E-state index is 0.399. The number of fused-ring (bicyclic) bond motifs is 3. The van der Waals surface area contributed by atoms with E-state index in [1.165, 1.54) is 29.7 Å². The quantitative estimate of drug-likeness (QED) is 0.446. The van der Waals surface area contributed by atoms with E-state index in [-0.39, 0.29) is 0 Å². The SMILES string of the molecule is CC([SH+]C[C@H]1CC[C@@H]2Oc3c(Br)cccc3[C@H]12)[C@@H](C)c1ccccc1. The number of para-hydroxylation sites is 1. The van der Waals surface area contributed by atoms with Crippen LogP contribution in [0.1, 0.15) is 49.7 Å². The van der Waals surface area contributed by atoms with Gasteiger partial charge in [0.2, 0.25) is 0 Å². The van der Waals surface area contributed by atoms with Gasteiger partial charge in [-0.15, -0.1) is 0 Å². The van der Waals surface area contributed by atoms with Gasteiger partial charge in [-0.25, -0.2) is 0 Å². The predicted octanol–water partition coefficient (Wildman–Crippen LogP) is 5.71.